The zero-order valence-electron chi connectivity index (χ0n) is 3.56. The molecule has 2 heteroatoms. The van der Waals surface area contributed by atoms with Crippen molar-refractivity contribution in [1.29, 1.82) is 0 Å². The van der Waals surface area contributed by atoms with E-state index in [1.807, 2.05) is 30.7 Å². The first kappa shape index (κ1) is 10.6. The maximum atomic E-state index is 2.00. The van der Waals surface area contributed by atoms with Gasteiger partial charge in [-0.3, -0.25) is 0 Å². The summed E-state index contributed by atoms with van der Waals surface area (Å²) < 4.78 is 0. The molecule has 0 aliphatic heterocycles. The second kappa shape index (κ2) is 6.66. The molecule has 0 nitrogen and oxygen atoms in total. The van der Waals surface area contributed by atoms with Gasteiger partial charge in [0.05, 0.1) is 0 Å². The molecule has 0 saturated carbocycles. The van der Waals surface area contributed by atoms with Gasteiger partial charge in [-0.1, -0.05) is 24.3 Å². The third kappa shape index (κ3) is 4.52. The Morgan fingerprint density at radius 3 is 1.29 bits per heavy atom. The summed E-state index contributed by atoms with van der Waals surface area (Å²) in [6.45, 7) is 0. The van der Waals surface area contributed by atoms with Crippen LogP contribution in [0.3, 0.4) is 0 Å². The van der Waals surface area contributed by atoms with Gasteiger partial charge in [0.1, 0.15) is 0 Å². The molecule has 0 fully saturated rings. The first-order valence-corrected chi connectivity index (χ1v) is 1.67. The predicted octanol–water partition coefficient (Wildman–Crippen LogP) is 1.31. The zero-order valence-corrected chi connectivity index (χ0v) is 6.22. The maximum absolute atomic E-state index is 2.00. The fourth-order valence-corrected chi connectivity index (χ4v) is 0.321. The monoisotopic (exact) mass is 227 g/mol. The van der Waals surface area contributed by atoms with Crippen LogP contribution in [0.25, 0.3) is 0 Å². The van der Waals surface area contributed by atoms with Crippen LogP contribution in [0.1, 0.15) is 0 Å². The van der Waals surface area contributed by atoms with E-state index in [-0.39, 0.29) is 37.5 Å². The Morgan fingerprint density at radius 1 is 0.714 bits per heavy atom. The molecule has 43 valence electrons. The number of hydrogen-bond donors (Lipinski definition) is 0. The Labute approximate surface area is 68.2 Å². The topological polar surface area (TPSA) is 0 Å². The summed E-state index contributed by atoms with van der Waals surface area (Å²) in [5, 5.41) is 0. The van der Waals surface area contributed by atoms with Gasteiger partial charge in [-0.25, -0.2) is 0 Å². The molecule has 7 heavy (non-hydrogen) atoms. The van der Waals surface area contributed by atoms with Crippen molar-refractivity contribution >= 4 is 0 Å². The van der Waals surface area contributed by atoms with Crippen molar-refractivity contribution in [3.63, 3.8) is 0 Å². The van der Waals surface area contributed by atoms with Crippen LogP contribution in [-0.2, 0) is 37.5 Å². The van der Waals surface area contributed by atoms with Crippen molar-refractivity contribution < 1.29 is 37.5 Å². The van der Waals surface area contributed by atoms with Gasteiger partial charge in [0, 0.05) is 43.9 Å². The van der Waals surface area contributed by atoms with Gasteiger partial charge in [0.25, 0.3) is 0 Å². The van der Waals surface area contributed by atoms with Crippen LogP contribution in [0.5, 0.6) is 0 Å². The van der Waals surface area contributed by atoms with E-state index in [1.165, 1.54) is 0 Å². The van der Waals surface area contributed by atoms with E-state index in [2.05, 4.69) is 0 Å². The Morgan fingerprint density at radius 2 is 1.14 bits per heavy atom. The molecule has 1 rings (SSSR count). The van der Waals surface area contributed by atoms with Crippen molar-refractivity contribution in [3.05, 3.63) is 30.7 Å². The standard InChI is InChI=1S/C5H5.Fe.Pd/c1-2-4-5-3-1;;/h1-5H;;. The second-order valence-corrected chi connectivity index (χ2v) is 0.962. The second-order valence-electron chi connectivity index (χ2n) is 0.962. The van der Waals surface area contributed by atoms with E-state index >= 15 is 0 Å². The number of hydrogen-bond acceptors (Lipinski definition) is 0. The van der Waals surface area contributed by atoms with Crippen molar-refractivity contribution in [2.75, 3.05) is 0 Å². The molecule has 0 aromatic heterocycles. The summed E-state index contributed by atoms with van der Waals surface area (Å²) in [5.41, 5.74) is 0. The number of rotatable bonds is 0. The van der Waals surface area contributed by atoms with E-state index in [0.29, 0.717) is 0 Å². The van der Waals surface area contributed by atoms with Crippen LogP contribution in [0.4, 0.5) is 0 Å². The van der Waals surface area contributed by atoms with Crippen LogP contribution in [0, 0.1) is 6.42 Å². The van der Waals surface area contributed by atoms with Crippen molar-refractivity contribution in [3.8, 4) is 0 Å². The summed E-state index contributed by atoms with van der Waals surface area (Å²) in [6, 6.07) is 0. The van der Waals surface area contributed by atoms with Gasteiger partial charge in [-0.15, -0.1) is 0 Å². The molecule has 0 N–H and O–H groups in total. The fraction of sp³-hybridized carbons (Fsp3) is 0. The Kier molecular flexibility index (Phi) is 10.1. The molecule has 0 aromatic rings. The van der Waals surface area contributed by atoms with E-state index in [0.717, 1.165) is 0 Å². The normalized spacial score (nSPS) is 12.6. The average Bonchev–Trinajstić information content (AvgIpc) is 1.76. The molecule has 0 saturated heterocycles. The zero-order chi connectivity index (χ0) is 3.54. The minimum absolute atomic E-state index is 0. The van der Waals surface area contributed by atoms with Crippen LogP contribution < -0.4 is 0 Å². The molecule has 1 radical (unpaired) electrons. The summed E-state index contributed by atoms with van der Waals surface area (Å²) >= 11 is 0. The Hall–Kier alpha value is 0.662. The van der Waals surface area contributed by atoms with Crippen LogP contribution in [0.2, 0.25) is 0 Å². The van der Waals surface area contributed by atoms with Crippen molar-refractivity contribution in [2.45, 2.75) is 0 Å². The molecule has 0 unspecified atom stereocenters. The minimum atomic E-state index is 0. The molecule has 0 aromatic carbocycles. The first-order chi connectivity index (χ1) is 2.50. The van der Waals surface area contributed by atoms with Gasteiger partial charge in [-0.05, 0) is 0 Å². The largest absolute Gasteiger partial charge is 0.0767 e. The molecule has 0 atom stereocenters. The molecule has 0 spiro atoms. The summed E-state index contributed by atoms with van der Waals surface area (Å²) in [7, 11) is 0. The summed E-state index contributed by atoms with van der Waals surface area (Å²) in [4.78, 5) is 0. The van der Waals surface area contributed by atoms with Crippen LogP contribution in [0.15, 0.2) is 24.3 Å². The third-order valence-electron chi connectivity index (χ3n) is 0.556. The molecule has 0 heterocycles. The Bertz CT molecular complexity index is 66.1. The Balaban J connectivity index is 0. The quantitative estimate of drug-likeness (QED) is 0.547. The van der Waals surface area contributed by atoms with E-state index < -0.39 is 0 Å². The minimum Gasteiger partial charge on any atom is -0.0767 e. The maximum Gasteiger partial charge on any atom is 0.00506 e. The molecular weight excluding hydrogens is 222 g/mol. The van der Waals surface area contributed by atoms with Crippen LogP contribution >= 0.6 is 0 Å². The summed E-state index contributed by atoms with van der Waals surface area (Å²) in [5.74, 6) is 0. The van der Waals surface area contributed by atoms with Gasteiger partial charge in [-0.2, -0.15) is 0 Å². The third-order valence-corrected chi connectivity index (χ3v) is 0.556. The van der Waals surface area contributed by atoms with Crippen LogP contribution in [-0.4, -0.2) is 0 Å². The SMILES string of the molecule is [CH]1C=CC=C1.[Fe].[Pd]. The van der Waals surface area contributed by atoms with Crippen molar-refractivity contribution in [1.82, 2.24) is 0 Å². The molecule has 0 bridgehead atoms. The number of allylic oxidation sites excluding steroid dienone is 4. The fourth-order valence-electron chi connectivity index (χ4n) is 0.321. The molecule has 1 aliphatic rings. The average molecular weight is 227 g/mol. The van der Waals surface area contributed by atoms with Gasteiger partial charge in [0.2, 0.25) is 0 Å². The predicted molar refractivity (Wildman–Crippen MR) is 22.6 cm³/mol. The van der Waals surface area contributed by atoms with Gasteiger partial charge < -0.3 is 0 Å². The molecular formula is C5H5FePd. The first-order valence-electron chi connectivity index (χ1n) is 1.67. The molecule has 1 aliphatic carbocycles. The van der Waals surface area contributed by atoms with E-state index in [4.69, 9.17) is 0 Å². The molecule has 0 amide bonds. The van der Waals surface area contributed by atoms with Gasteiger partial charge in [0.15, 0.2) is 0 Å². The van der Waals surface area contributed by atoms with Crippen molar-refractivity contribution in [2.24, 2.45) is 0 Å². The van der Waals surface area contributed by atoms with Gasteiger partial charge >= 0.3 is 0 Å². The summed E-state index contributed by atoms with van der Waals surface area (Å²) in [6.07, 6.45) is 10.0. The smallest absolute Gasteiger partial charge is 0.00506 e. The van der Waals surface area contributed by atoms with E-state index in [1.54, 1.807) is 0 Å². The van der Waals surface area contributed by atoms with E-state index in [9.17, 15) is 0 Å².